The lowest BCUT2D eigenvalue weighted by Crippen LogP contribution is -2.41. The van der Waals surface area contributed by atoms with Gasteiger partial charge in [0.1, 0.15) is 11.6 Å². The SMILES string of the molecule is NCCC1CCN(C(=O)Nc2ccc(F)cc2F)CC1. The van der Waals surface area contributed by atoms with Gasteiger partial charge in [-0.3, -0.25) is 0 Å². The maximum absolute atomic E-state index is 13.5. The molecule has 0 unspecified atom stereocenters. The van der Waals surface area contributed by atoms with Crippen molar-refractivity contribution >= 4 is 11.7 Å². The number of carbonyl (C=O) groups excluding carboxylic acids is 1. The van der Waals surface area contributed by atoms with Crippen LogP contribution in [0.3, 0.4) is 0 Å². The number of likely N-dealkylation sites (tertiary alicyclic amines) is 1. The van der Waals surface area contributed by atoms with Gasteiger partial charge in [-0.15, -0.1) is 0 Å². The standard InChI is InChI=1S/C14H19F2N3O/c15-11-1-2-13(12(16)9-11)18-14(20)19-7-4-10(3-6-17)5-8-19/h1-2,9-10H,3-8,17H2,(H,18,20). The molecule has 6 heteroatoms. The van der Waals surface area contributed by atoms with Crippen LogP contribution in [0, 0.1) is 17.6 Å². The van der Waals surface area contributed by atoms with Crippen LogP contribution >= 0.6 is 0 Å². The van der Waals surface area contributed by atoms with Gasteiger partial charge in [-0.25, -0.2) is 13.6 Å². The summed E-state index contributed by atoms with van der Waals surface area (Å²) in [5.74, 6) is -0.869. The van der Waals surface area contributed by atoms with Gasteiger partial charge < -0.3 is 16.0 Å². The quantitative estimate of drug-likeness (QED) is 0.895. The summed E-state index contributed by atoms with van der Waals surface area (Å²) in [6.07, 6.45) is 2.80. The van der Waals surface area contributed by atoms with Crippen LogP contribution in [0.25, 0.3) is 0 Å². The summed E-state index contributed by atoms with van der Waals surface area (Å²) in [6.45, 7) is 1.94. The number of hydrogen-bond donors (Lipinski definition) is 2. The normalized spacial score (nSPS) is 16.2. The minimum Gasteiger partial charge on any atom is -0.330 e. The predicted octanol–water partition coefficient (Wildman–Crippen LogP) is 2.56. The van der Waals surface area contributed by atoms with Crippen LogP contribution < -0.4 is 11.1 Å². The Morgan fingerprint density at radius 2 is 2.05 bits per heavy atom. The van der Waals surface area contributed by atoms with Crippen molar-refractivity contribution in [3.8, 4) is 0 Å². The van der Waals surface area contributed by atoms with E-state index in [9.17, 15) is 13.6 Å². The van der Waals surface area contributed by atoms with Crippen LogP contribution in [0.4, 0.5) is 19.3 Å². The number of nitrogens with zero attached hydrogens (tertiary/aromatic N) is 1. The molecule has 3 N–H and O–H groups in total. The minimum atomic E-state index is -0.767. The molecule has 0 spiro atoms. The van der Waals surface area contributed by atoms with Crippen molar-refractivity contribution in [3.63, 3.8) is 0 Å². The van der Waals surface area contributed by atoms with Gasteiger partial charge in [-0.1, -0.05) is 0 Å². The molecule has 1 aliphatic rings. The second-order valence-electron chi connectivity index (χ2n) is 5.06. The molecule has 20 heavy (non-hydrogen) atoms. The van der Waals surface area contributed by atoms with E-state index >= 15 is 0 Å². The van der Waals surface area contributed by atoms with Gasteiger partial charge in [-0.2, -0.15) is 0 Å². The van der Waals surface area contributed by atoms with Crippen LogP contribution in [-0.4, -0.2) is 30.6 Å². The molecule has 1 saturated heterocycles. The lowest BCUT2D eigenvalue weighted by Gasteiger charge is -2.31. The van der Waals surface area contributed by atoms with Crippen molar-refractivity contribution in [2.75, 3.05) is 25.0 Å². The van der Waals surface area contributed by atoms with E-state index in [1.54, 1.807) is 4.90 Å². The van der Waals surface area contributed by atoms with E-state index in [-0.39, 0.29) is 11.7 Å². The van der Waals surface area contributed by atoms with Gasteiger partial charge in [0.05, 0.1) is 5.69 Å². The number of anilines is 1. The molecule has 0 bridgehead atoms. The highest BCUT2D eigenvalue weighted by molar-refractivity contribution is 5.89. The fourth-order valence-corrected chi connectivity index (χ4v) is 2.45. The fraction of sp³-hybridized carbons (Fsp3) is 0.500. The Balaban J connectivity index is 1.89. The molecule has 1 heterocycles. The van der Waals surface area contributed by atoms with Crippen molar-refractivity contribution in [1.82, 2.24) is 4.90 Å². The van der Waals surface area contributed by atoms with Crippen LogP contribution in [0.15, 0.2) is 18.2 Å². The second kappa shape index (κ2) is 6.65. The first-order valence-corrected chi connectivity index (χ1v) is 6.81. The molecule has 2 amide bonds. The number of amides is 2. The number of rotatable bonds is 3. The van der Waals surface area contributed by atoms with E-state index in [0.717, 1.165) is 31.4 Å². The second-order valence-corrected chi connectivity index (χ2v) is 5.06. The number of hydrogen-bond acceptors (Lipinski definition) is 2. The number of carbonyl (C=O) groups is 1. The third-order valence-electron chi connectivity index (χ3n) is 3.65. The predicted molar refractivity (Wildman–Crippen MR) is 73.3 cm³/mol. The van der Waals surface area contributed by atoms with Gasteiger partial charge in [0.25, 0.3) is 0 Å². The molecule has 4 nitrogen and oxygen atoms in total. The zero-order chi connectivity index (χ0) is 14.5. The fourth-order valence-electron chi connectivity index (χ4n) is 2.45. The molecule has 0 radical (unpaired) electrons. The first kappa shape index (κ1) is 14.7. The summed E-state index contributed by atoms with van der Waals surface area (Å²) in [5.41, 5.74) is 5.52. The number of nitrogens with one attached hydrogen (secondary N) is 1. The van der Waals surface area contributed by atoms with E-state index in [4.69, 9.17) is 5.73 Å². The van der Waals surface area contributed by atoms with Gasteiger partial charge in [0.15, 0.2) is 0 Å². The number of benzene rings is 1. The molecule has 110 valence electrons. The highest BCUT2D eigenvalue weighted by Crippen LogP contribution is 2.21. The van der Waals surface area contributed by atoms with Crippen LogP contribution in [0.5, 0.6) is 0 Å². The first-order chi connectivity index (χ1) is 9.60. The maximum atomic E-state index is 13.5. The molecule has 0 aromatic heterocycles. The maximum Gasteiger partial charge on any atom is 0.321 e. The topological polar surface area (TPSA) is 58.4 Å². The molecule has 1 fully saturated rings. The molecule has 0 aliphatic carbocycles. The van der Waals surface area contributed by atoms with Crippen LogP contribution in [0.2, 0.25) is 0 Å². The summed E-state index contributed by atoms with van der Waals surface area (Å²) in [5, 5.41) is 2.47. The van der Waals surface area contributed by atoms with Crippen molar-refractivity contribution in [3.05, 3.63) is 29.8 Å². The summed E-state index contributed by atoms with van der Waals surface area (Å²) in [4.78, 5) is 13.6. The molecular weight excluding hydrogens is 264 g/mol. The van der Waals surface area contributed by atoms with E-state index in [1.807, 2.05) is 0 Å². The van der Waals surface area contributed by atoms with E-state index in [2.05, 4.69) is 5.32 Å². The van der Waals surface area contributed by atoms with Gasteiger partial charge >= 0.3 is 6.03 Å². The Hall–Kier alpha value is -1.69. The lowest BCUT2D eigenvalue weighted by atomic mass is 9.94. The van der Waals surface area contributed by atoms with Gasteiger partial charge in [0, 0.05) is 19.2 Å². The van der Waals surface area contributed by atoms with E-state index in [0.29, 0.717) is 25.6 Å². The smallest absolute Gasteiger partial charge is 0.321 e. The Morgan fingerprint density at radius 1 is 1.35 bits per heavy atom. The highest BCUT2D eigenvalue weighted by atomic mass is 19.1. The van der Waals surface area contributed by atoms with Gasteiger partial charge in [-0.05, 0) is 43.9 Å². The Bertz CT molecular complexity index is 473. The summed E-state index contributed by atoms with van der Waals surface area (Å²) in [6, 6.07) is 2.75. The third kappa shape index (κ3) is 3.66. The lowest BCUT2D eigenvalue weighted by molar-refractivity contribution is 0.180. The molecule has 1 aromatic carbocycles. The van der Waals surface area contributed by atoms with Gasteiger partial charge in [0.2, 0.25) is 0 Å². The number of halogens is 2. The third-order valence-corrected chi connectivity index (χ3v) is 3.65. The Kier molecular flexibility index (Phi) is 4.89. The molecule has 1 aliphatic heterocycles. The van der Waals surface area contributed by atoms with E-state index in [1.165, 1.54) is 6.07 Å². The van der Waals surface area contributed by atoms with E-state index < -0.39 is 11.6 Å². The zero-order valence-electron chi connectivity index (χ0n) is 11.2. The Labute approximate surface area is 116 Å². The first-order valence-electron chi connectivity index (χ1n) is 6.81. The monoisotopic (exact) mass is 283 g/mol. The molecule has 0 atom stereocenters. The largest absolute Gasteiger partial charge is 0.330 e. The molecular formula is C14H19F2N3O. The average Bonchev–Trinajstić information content (AvgIpc) is 2.43. The number of piperidine rings is 1. The van der Waals surface area contributed by atoms with Crippen LogP contribution in [-0.2, 0) is 0 Å². The van der Waals surface area contributed by atoms with Crippen molar-refractivity contribution in [2.45, 2.75) is 19.3 Å². The zero-order valence-corrected chi connectivity index (χ0v) is 11.2. The highest BCUT2D eigenvalue weighted by Gasteiger charge is 2.22. The minimum absolute atomic E-state index is 0.000446. The molecule has 0 saturated carbocycles. The Morgan fingerprint density at radius 3 is 2.65 bits per heavy atom. The van der Waals surface area contributed by atoms with Crippen molar-refractivity contribution in [2.24, 2.45) is 11.7 Å². The number of nitrogens with two attached hydrogens (primary N) is 1. The van der Waals surface area contributed by atoms with Crippen LogP contribution in [0.1, 0.15) is 19.3 Å². The average molecular weight is 283 g/mol. The summed E-state index contributed by atoms with van der Waals surface area (Å²) < 4.78 is 26.2. The molecule has 2 rings (SSSR count). The van der Waals surface area contributed by atoms with Crippen molar-refractivity contribution in [1.29, 1.82) is 0 Å². The van der Waals surface area contributed by atoms with Crippen molar-refractivity contribution < 1.29 is 13.6 Å². The molecule has 1 aromatic rings. The number of urea groups is 1. The summed E-state index contributed by atoms with van der Waals surface area (Å²) in [7, 11) is 0. The summed E-state index contributed by atoms with van der Waals surface area (Å²) >= 11 is 0.